The van der Waals surface area contributed by atoms with Crippen LogP contribution in [0.25, 0.3) is 0 Å². The Morgan fingerprint density at radius 3 is 3.15 bits per heavy atom. The smallest absolute Gasteiger partial charge is 0.205 e. The summed E-state index contributed by atoms with van der Waals surface area (Å²) in [4.78, 5) is 0. The van der Waals surface area contributed by atoms with E-state index in [9.17, 15) is 0 Å². The Balaban J connectivity index is 1.93. The Labute approximate surface area is 79.4 Å². The molecule has 0 aliphatic rings. The van der Waals surface area contributed by atoms with Crippen molar-refractivity contribution in [3.05, 3.63) is 23.5 Å². The van der Waals surface area contributed by atoms with Gasteiger partial charge >= 0.3 is 0 Å². The van der Waals surface area contributed by atoms with Crippen LogP contribution in [0.1, 0.15) is 5.69 Å². The lowest BCUT2D eigenvalue weighted by molar-refractivity contribution is 0.747. The monoisotopic (exact) mass is 195 g/mol. The molecule has 0 radical (unpaired) electrons. The number of nitrogens with zero attached hydrogens (tertiary/aromatic N) is 4. The SMILES string of the molecule is Cn1ccc(CNc2nncs2)n1. The van der Waals surface area contributed by atoms with Gasteiger partial charge in [0.25, 0.3) is 0 Å². The van der Waals surface area contributed by atoms with Gasteiger partial charge in [-0.15, -0.1) is 10.2 Å². The van der Waals surface area contributed by atoms with Gasteiger partial charge in [-0.25, -0.2) is 0 Å². The number of anilines is 1. The molecule has 2 aromatic heterocycles. The average Bonchev–Trinajstić information content (AvgIpc) is 2.71. The van der Waals surface area contributed by atoms with Crippen molar-refractivity contribution in [1.29, 1.82) is 0 Å². The van der Waals surface area contributed by atoms with Gasteiger partial charge in [0.05, 0.1) is 12.2 Å². The number of hydrogen-bond acceptors (Lipinski definition) is 5. The van der Waals surface area contributed by atoms with Gasteiger partial charge in [0, 0.05) is 13.2 Å². The zero-order valence-corrected chi connectivity index (χ0v) is 7.95. The van der Waals surface area contributed by atoms with Gasteiger partial charge in [0.15, 0.2) is 0 Å². The summed E-state index contributed by atoms with van der Waals surface area (Å²) in [5, 5.41) is 15.7. The fraction of sp³-hybridized carbons (Fsp3) is 0.286. The van der Waals surface area contributed by atoms with Crippen LogP contribution < -0.4 is 5.32 Å². The van der Waals surface area contributed by atoms with Crippen LogP contribution in [-0.2, 0) is 13.6 Å². The van der Waals surface area contributed by atoms with Crippen molar-refractivity contribution >= 4 is 16.5 Å². The lowest BCUT2D eigenvalue weighted by Gasteiger charge is -1.96. The van der Waals surface area contributed by atoms with Crippen molar-refractivity contribution in [3.8, 4) is 0 Å². The first-order chi connectivity index (χ1) is 6.34. The Morgan fingerprint density at radius 1 is 1.62 bits per heavy atom. The largest absolute Gasteiger partial charge is 0.354 e. The highest BCUT2D eigenvalue weighted by Gasteiger charge is 1.98. The summed E-state index contributed by atoms with van der Waals surface area (Å²) in [6.45, 7) is 0.691. The van der Waals surface area contributed by atoms with Gasteiger partial charge in [0.1, 0.15) is 5.51 Å². The van der Waals surface area contributed by atoms with E-state index in [1.807, 2.05) is 19.3 Å². The maximum absolute atomic E-state index is 4.22. The molecule has 1 N–H and O–H groups in total. The fourth-order valence-electron chi connectivity index (χ4n) is 0.974. The number of aryl methyl sites for hydroxylation is 1. The first-order valence-corrected chi connectivity index (χ1v) is 4.71. The summed E-state index contributed by atoms with van der Waals surface area (Å²) >= 11 is 1.48. The highest BCUT2D eigenvalue weighted by atomic mass is 32.1. The zero-order chi connectivity index (χ0) is 9.10. The molecule has 13 heavy (non-hydrogen) atoms. The van der Waals surface area contributed by atoms with Gasteiger partial charge in [-0.3, -0.25) is 4.68 Å². The normalized spacial score (nSPS) is 10.2. The first kappa shape index (κ1) is 8.18. The third-order valence-electron chi connectivity index (χ3n) is 1.55. The number of aromatic nitrogens is 4. The van der Waals surface area contributed by atoms with Crippen molar-refractivity contribution < 1.29 is 0 Å². The first-order valence-electron chi connectivity index (χ1n) is 3.83. The highest BCUT2D eigenvalue weighted by Crippen LogP contribution is 2.09. The molecule has 0 aliphatic carbocycles. The number of hydrogen-bond donors (Lipinski definition) is 1. The van der Waals surface area contributed by atoms with Crippen LogP contribution in [0.2, 0.25) is 0 Å². The van der Waals surface area contributed by atoms with E-state index in [0.29, 0.717) is 6.54 Å². The minimum absolute atomic E-state index is 0.691. The molecule has 0 spiro atoms. The van der Waals surface area contributed by atoms with Crippen molar-refractivity contribution in [3.63, 3.8) is 0 Å². The minimum Gasteiger partial charge on any atom is -0.354 e. The van der Waals surface area contributed by atoms with Crippen LogP contribution in [0.3, 0.4) is 0 Å². The van der Waals surface area contributed by atoms with Crippen LogP contribution in [-0.4, -0.2) is 20.0 Å². The summed E-state index contributed by atoms with van der Waals surface area (Å²) in [5.41, 5.74) is 2.69. The molecule has 2 rings (SSSR count). The molecule has 0 aromatic carbocycles. The molecule has 0 unspecified atom stereocenters. The van der Waals surface area contributed by atoms with E-state index >= 15 is 0 Å². The molecular weight excluding hydrogens is 186 g/mol. The summed E-state index contributed by atoms with van der Waals surface area (Å²) in [7, 11) is 1.90. The van der Waals surface area contributed by atoms with Crippen LogP contribution >= 0.6 is 11.3 Å². The van der Waals surface area contributed by atoms with Crippen LogP contribution in [0.5, 0.6) is 0 Å². The van der Waals surface area contributed by atoms with Gasteiger partial charge in [-0.2, -0.15) is 5.10 Å². The van der Waals surface area contributed by atoms with Gasteiger partial charge in [0.2, 0.25) is 5.13 Å². The van der Waals surface area contributed by atoms with E-state index in [0.717, 1.165) is 10.8 Å². The predicted octanol–water partition coefficient (Wildman–Crippen LogP) is 0.884. The minimum atomic E-state index is 0.691. The molecule has 0 atom stereocenters. The van der Waals surface area contributed by atoms with Crippen LogP contribution in [0.4, 0.5) is 5.13 Å². The Hall–Kier alpha value is -1.43. The zero-order valence-electron chi connectivity index (χ0n) is 7.14. The summed E-state index contributed by atoms with van der Waals surface area (Å²) in [6.07, 6.45) is 1.91. The van der Waals surface area contributed by atoms with E-state index in [2.05, 4.69) is 20.6 Å². The second-order valence-corrected chi connectivity index (χ2v) is 3.41. The Morgan fingerprint density at radius 2 is 2.54 bits per heavy atom. The summed E-state index contributed by atoms with van der Waals surface area (Å²) in [5.74, 6) is 0. The summed E-state index contributed by atoms with van der Waals surface area (Å²) in [6, 6.07) is 1.97. The molecule has 0 amide bonds. The molecule has 2 heterocycles. The lowest BCUT2D eigenvalue weighted by Crippen LogP contribution is -2.00. The number of rotatable bonds is 3. The molecule has 0 bridgehead atoms. The molecule has 5 nitrogen and oxygen atoms in total. The maximum Gasteiger partial charge on any atom is 0.205 e. The van der Waals surface area contributed by atoms with E-state index < -0.39 is 0 Å². The average molecular weight is 195 g/mol. The summed E-state index contributed by atoms with van der Waals surface area (Å²) < 4.78 is 1.77. The third-order valence-corrected chi connectivity index (χ3v) is 2.20. The molecule has 0 saturated carbocycles. The standard InChI is InChI=1S/C7H9N5S/c1-12-3-2-6(11-12)4-8-7-10-9-5-13-7/h2-3,5H,4H2,1H3,(H,8,10). The van der Waals surface area contributed by atoms with Crippen LogP contribution in [0, 0.1) is 0 Å². The van der Waals surface area contributed by atoms with E-state index in [1.54, 1.807) is 10.2 Å². The van der Waals surface area contributed by atoms with Crippen molar-refractivity contribution in [2.45, 2.75) is 6.54 Å². The lowest BCUT2D eigenvalue weighted by atomic mass is 10.4. The molecular formula is C7H9N5S. The molecule has 0 aliphatic heterocycles. The molecule has 6 heteroatoms. The third kappa shape index (κ3) is 2.03. The molecule has 68 valence electrons. The van der Waals surface area contributed by atoms with E-state index in [-0.39, 0.29) is 0 Å². The molecule has 2 aromatic rings. The topological polar surface area (TPSA) is 55.6 Å². The van der Waals surface area contributed by atoms with Crippen molar-refractivity contribution in [1.82, 2.24) is 20.0 Å². The Kier molecular flexibility index (Phi) is 2.22. The second-order valence-electron chi connectivity index (χ2n) is 2.58. The predicted molar refractivity (Wildman–Crippen MR) is 50.4 cm³/mol. The van der Waals surface area contributed by atoms with Crippen molar-refractivity contribution in [2.75, 3.05) is 5.32 Å². The Bertz CT molecular complexity index is 366. The van der Waals surface area contributed by atoms with Gasteiger partial charge in [-0.1, -0.05) is 11.3 Å². The fourth-order valence-corrected chi connectivity index (χ4v) is 1.42. The molecule has 0 fully saturated rings. The van der Waals surface area contributed by atoms with E-state index in [4.69, 9.17) is 0 Å². The van der Waals surface area contributed by atoms with Crippen molar-refractivity contribution in [2.24, 2.45) is 7.05 Å². The van der Waals surface area contributed by atoms with E-state index in [1.165, 1.54) is 11.3 Å². The molecule has 0 saturated heterocycles. The number of nitrogens with one attached hydrogen (secondary N) is 1. The van der Waals surface area contributed by atoms with Crippen LogP contribution in [0.15, 0.2) is 17.8 Å². The maximum atomic E-state index is 4.22. The van der Waals surface area contributed by atoms with Gasteiger partial charge in [-0.05, 0) is 6.07 Å². The van der Waals surface area contributed by atoms with Gasteiger partial charge < -0.3 is 5.32 Å². The quantitative estimate of drug-likeness (QED) is 0.790. The highest BCUT2D eigenvalue weighted by molar-refractivity contribution is 7.13. The second kappa shape index (κ2) is 3.53.